The Morgan fingerprint density at radius 2 is 2.00 bits per heavy atom. The van der Waals surface area contributed by atoms with Gasteiger partial charge in [0, 0.05) is 22.9 Å². The molecule has 26 heavy (non-hydrogen) atoms. The summed E-state index contributed by atoms with van der Waals surface area (Å²) in [7, 11) is 1.48. The van der Waals surface area contributed by atoms with Gasteiger partial charge in [0.1, 0.15) is 0 Å². The second-order valence-corrected chi connectivity index (χ2v) is 6.19. The number of hydrogen-bond donors (Lipinski definition) is 1. The summed E-state index contributed by atoms with van der Waals surface area (Å²) in [6.45, 7) is 4.14. The average molecular weight is 423 g/mol. The normalized spacial score (nSPS) is 10.3. The lowest BCUT2D eigenvalue weighted by atomic mass is 10.1. The van der Waals surface area contributed by atoms with E-state index in [2.05, 4.69) is 21.2 Å². The number of rotatable bonds is 7. The Kier molecular flexibility index (Phi) is 6.57. The molecule has 0 heterocycles. The van der Waals surface area contributed by atoms with Crippen molar-refractivity contribution in [3.8, 4) is 11.5 Å². The molecule has 7 nitrogen and oxygen atoms in total. The number of ether oxygens (including phenoxy) is 2. The first kappa shape index (κ1) is 19.7. The average Bonchev–Trinajstić information content (AvgIpc) is 2.63. The van der Waals surface area contributed by atoms with E-state index in [4.69, 9.17) is 9.47 Å². The third-order valence-corrected chi connectivity index (χ3v) is 4.29. The molecule has 0 aliphatic heterocycles. The minimum Gasteiger partial charge on any atom is -0.493 e. The number of hydrogen-bond acceptors (Lipinski definition) is 5. The summed E-state index contributed by atoms with van der Waals surface area (Å²) in [5.41, 5.74) is 1.27. The Labute approximate surface area is 159 Å². The Bertz CT molecular complexity index is 839. The topological polar surface area (TPSA) is 90.7 Å². The Balaban J connectivity index is 2.32. The maximum atomic E-state index is 12.5. The van der Waals surface area contributed by atoms with Crippen LogP contribution in [-0.2, 0) is 6.42 Å². The number of benzene rings is 2. The molecule has 0 fully saturated rings. The number of nitrogens with zero attached hydrogens (tertiary/aromatic N) is 1. The highest BCUT2D eigenvalue weighted by Gasteiger charge is 2.18. The molecule has 8 heteroatoms. The van der Waals surface area contributed by atoms with E-state index >= 15 is 0 Å². The van der Waals surface area contributed by atoms with Crippen molar-refractivity contribution in [1.82, 2.24) is 0 Å². The predicted octanol–water partition coefficient (Wildman–Crippen LogP) is 4.58. The number of anilines is 1. The molecule has 0 aliphatic rings. The van der Waals surface area contributed by atoms with E-state index in [1.54, 1.807) is 24.3 Å². The van der Waals surface area contributed by atoms with Crippen molar-refractivity contribution in [2.45, 2.75) is 20.3 Å². The van der Waals surface area contributed by atoms with Gasteiger partial charge in [-0.05, 0) is 47.5 Å². The number of carbonyl (C=O) groups excluding carboxylic acids is 1. The van der Waals surface area contributed by atoms with E-state index in [9.17, 15) is 14.9 Å². The van der Waals surface area contributed by atoms with E-state index in [1.165, 1.54) is 13.2 Å². The Morgan fingerprint density at radius 1 is 1.27 bits per heavy atom. The van der Waals surface area contributed by atoms with Gasteiger partial charge in [0.15, 0.2) is 11.5 Å². The first-order valence-corrected chi connectivity index (χ1v) is 8.79. The number of nitro groups is 1. The molecule has 0 bridgehead atoms. The molecule has 2 aromatic rings. The summed E-state index contributed by atoms with van der Waals surface area (Å²) in [5.74, 6) is 0.513. The van der Waals surface area contributed by atoms with E-state index in [1.807, 2.05) is 13.8 Å². The Hall–Kier alpha value is -2.61. The highest BCUT2D eigenvalue weighted by Crippen LogP contribution is 2.37. The van der Waals surface area contributed by atoms with E-state index < -0.39 is 10.8 Å². The summed E-state index contributed by atoms with van der Waals surface area (Å²) in [6.07, 6.45) is 0.535. The predicted molar refractivity (Wildman–Crippen MR) is 102 cm³/mol. The van der Waals surface area contributed by atoms with Gasteiger partial charge >= 0.3 is 0 Å². The lowest BCUT2D eigenvalue weighted by Crippen LogP contribution is -2.13. The fourth-order valence-electron chi connectivity index (χ4n) is 2.45. The molecular formula is C18H19BrN2O5. The summed E-state index contributed by atoms with van der Waals surface area (Å²) < 4.78 is 11.4. The number of nitrogens with one attached hydrogen (secondary N) is 1. The fraction of sp³-hybridized carbons (Fsp3) is 0.278. The van der Waals surface area contributed by atoms with Gasteiger partial charge in [0.05, 0.1) is 23.1 Å². The van der Waals surface area contributed by atoms with Crippen LogP contribution in [0.2, 0.25) is 0 Å². The molecule has 0 spiro atoms. The van der Waals surface area contributed by atoms with Crippen LogP contribution in [0.5, 0.6) is 11.5 Å². The van der Waals surface area contributed by atoms with Gasteiger partial charge in [-0.25, -0.2) is 0 Å². The highest BCUT2D eigenvalue weighted by atomic mass is 79.9. The van der Waals surface area contributed by atoms with E-state index in [0.717, 1.165) is 0 Å². The second-order valence-electron chi connectivity index (χ2n) is 5.33. The summed E-state index contributed by atoms with van der Waals surface area (Å²) in [5, 5.41) is 13.8. The summed E-state index contributed by atoms with van der Waals surface area (Å²) in [6, 6.07) is 7.81. The van der Waals surface area contributed by atoms with Crippen LogP contribution in [0.25, 0.3) is 0 Å². The van der Waals surface area contributed by atoms with Gasteiger partial charge in [-0.2, -0.15) is 0 Å². The number of nitro benzene ring substituents is 1. The zero-order chi connectivity index (χ0) is 19.3. The number of aryl methyl sites for hydroxylation is 1. The highest BCUT2D eigenvalue weighted by molar-refractivity contribution is 9.10. The van der Waals surface area contributed by atoms with E-state index in [0.29, 0.717) is 45.8 Å². The van der Waals surface area contributed by atoms with Crippen molar-refractivity contribution in [3.63, 3.8) is 0 Å². The van der Waals surface area contributed by atoms with Crippen LogP contribution in [-0.4, -0.2) is 24.5 Å². The second kappa shape index (κ2) is 8.66. The molecule has 0 saturated carbocycles. The first-order valence-electron chi connectivity index (χ1n) is 8.00. The lowest BCUT2D eigenvalue weighted by molar-refractivity contribution is -0.385. The summed E-state index contributed by atoms with van der Waals surface area (Å²) >= 11 is 3.37. The van der Waals surface area contributed by atoms with Crippen LogP contribution in [0.1, 0.15) is 29.8 Å². The molecular weight excluding hydrogens is 404 g/mol. The largest absolute Gasteiger partial charge is 0.493 e. The number of carbonyl (C=O) groups is 1. The van der Waals surface area contributed by atoms with Crippen LogP contribution in [0.3, 0.4) is 0 Å². The monoisotopic (exact) mass is 422 g/mol. The minimum atomic E-state index is -0.453. The van der Waals surface area contributed by atoms with Crippen molar-refractivity contribution in [2.24, 2.45) is 0 Å². The van der Waals surface area contributed by atoms with Crippen LogP contribution in [0, 0.1) is 10.1 Å². The Morgan fingerprint density at radius 3 is 2.58 bits per heavy atom. The molecule has 2 rings (SSSR count). The van der Waals surface area contributed by atoms with Crippen molar-refractivity contribution < 1.29 is 19.2 Å². The van der Waals surface area contributed by atoms with Gasteiger partial charge in [0.2, 0.25) is 0 Å². The first-order chi connectivity index (χ1) is 12.4. The lowest BCUT2D eigenvalue weighted by Gasteiger charge is -2.13. The van der Waals surface area contributed by atoms with Crippen molar-refractivity contribution >= 4 is 33.2 Å². The van der Waals surface area contributed by atoms with Gasteiger partial charge < -0.3 is 14.8 Å². The smallest absolute Gasteiger partial charge is 0.274 e. The molecule has 0 aromatic heterocycles. The van der Waals surface area contributed by atoms with Crippen molar-refractivity contribution in [2.75, 3.05) is 19.0 Å². The molecule has 0 unspecified atom stereocenters. The van der Waals surface area contributed by atoms with Crippen LogP contribution in [0.4, 0.5) is 11.4 Å². The molecule has 0 aliphatic carbocycles. The third-order valence-electron chi connectivity index (χ3n) is 3.70. The van der Waals surface area contributed by atoms with E-state index in [-0.39, 0.29) is 5.69 Å². The maximum Gasteiger partial charge on any atom is 0.274 e. The maximum absolute atomic E-state index is 12.5. The third kappa shape index (κ3) is 4.32. The van der Waals surface area contributed by atoms with Crippen molar-refractivity contribution in [3.05, 3.63) is 56.0 Å². The van der Waals surface area contributed by atoms with Gasteiger partial charge in [-0.15, -0.1) is 0 Å². The van der Waals surface area contributed by atoms with Crippen LogP contribution < -0.4 is 14.8 Å². The number of halogens is 1. The van der Waals surface area contributed by atoms with Gasteiger partial charge in [-0.3, -0.25) is 14.9 Å². The van der Waals surface area contributed by atoms with Crippen LogP contribution >= 0.6 is 15.9 Å². The molecule has 1 amide bonds. The number of methoxy groups -OCH3 is 1. The zero-order valence-electron chi connectivity index (χ0n) is 14.7. The van der Waals surface area contributed by atoms with Crippen molar-refractivity contribution in [1.29, 1.82) is 0 Å². The standard InChI is InChI=1S/C18H19BrN2O5/c1-4-11-6-7-13(10-15(11)21(23)24)20-18(22)12-8-14(19)17(26-5-2)16(9-12)25-3/h6-10H,4-5H2,1-3H3,(H,20,22). The zero-order valence-corrected chi connectivity index (χ0v) is 16.3. The molecule has 0 atom stereocenters. The summed E-state index contributed by atoms with van der Waals surface area (Å²) in [4.78, 5) is 23.3. The SMILES string of the molecule is CCOc1c(Br)cc(C(=O)Nc2ccc(CC)c([N+](=O)[O-])c2)cc1OC. The number of amides is 1. The molecule has 2 aromatic carbocycles. The molecule has 1 N–H and O–H groups in total. The minimum absolute atomic E-state index is 0.0178. The van der Waals surface area contributed by atoms with Gasteiger partial charge in [0.25, 0.3) is 11.6 Å². The molecule has 0 saturated heterocycles. The van der Waals surface area contributed by atoms with Gasteiger partial charge in [-0.1, -0.05) is 13.0 Å². The van der Waals surface area contributed by atoms with Crippen LogP contribution in [0.15, 0.2) is 34.8 Å². The molecule has 0 radical (unpaired) electrons. The quantitative estimate of drug-likeness (QED) is 0.520. The fourth-order valence-corrected chi connectivity index (χ4v) is 3.01. The molecule has 138 valence electrons.